The number of aromatic amines is 1. The monoisotopic (exact) mass is 348 g/mol. The molecule has 3 rings (SSSR count). The highest BCUT2D eigenvalue weighted by Gasteiger charge is 2.40. The summed E-state index contributed by atoms with van der Waals surface area (Å²) in [5.41, 5.74) is 0. The van der Waals surface area contributed by atoms with Crippen LogP contribution in [-0.2, 0) is 4.79 Å². The van der Waals surface area contributed by atoms with E-state index in [4.69, 9.17) is 0 Å². The first-order valence-electron chi connectivity index (χ1n) is 7.75. The van der Waals surface area contributed by atoms with Gasteiger partial charge in [-0.05, 0) is 38.5 Å². The molecule has 0 aliphatic heterocycles. The number of alkyl halides is 3. The van der Waals surface area contributed by atoms with E-state index in [1.807, 2.05) is 0 Å². The highest BCUT2D eigenvalue weighted by atomic mass is 32.2. The van der Waals surface area contributed by atoms with Crippen molar-refractivity contribution in [3.05, 3.63) is 5.82 Å². The van der Waals surface area contributed by atoms with Gasteiger partial charge >= 0.3 is 6.18 Å². The Morgan fingerprint density at radius 1 is 1.39 bits per heavy atom. The van der Waals surface area contributed by atoms with Gasteiger partial charge in [-0.15, -0.1) is 5.10 Å². The lowest BCUT2D eigenvalue weighted by molar-refractivity contribution is -0.164. The molecule has 23 heavy (non-hydrogen) atoms. The van der Waals surface area contributed by atoms with E-state index in [9.17, 15) is 18.0 Å². The molecule has 9 heteroatoms. The first kappa shape index (κ1) is 16.6. The number of H-pyrrole nitrogens is 1. The normalized spacial score (nSPS) is 19.7. The molecule has 0 radical (unpaired) electrons. The van der Waals surface area contributed by atoms with Crippen molar-refractivity contribution in [3.8, 4) is 0 Å². The van der Waals surface area contributed by atoms with Gasteiger partial charge in [0.2, 0.25) is 11.1 Å². The fraction of sp³-hybridized carbons (Fsp3) is 0.786. The number of aromatic nitrogens is 3. The fourth-order valence-corrected chi connectivity index (χ4v) is 3.25. The molecule has 1 aromatic rings. The molecule has 0 spiro atoms. The van der Waals surface area contributed by atoms with Gasteiger partial charge in [0, 0.05) is 12.0 Å². The summed E-state index contributed by atoms with van der Waals surface area (Å²) < 4.78 is 38.2. The summed E-state index contributed by atoms with van der Waals surface area (Å²) in [6, 6.07) is -0.376. The molecule has 1 heterocycles. The number of nitrogens with one attached hydrogen (secondary N) is 1. The van der Waals surface area contributed by atoms with E-state index in [2.05, 4.69) is 15.2 Å². The molecule has 128 valence electrons. The third kappa shape index (κ3) is 4.62. The van der Waals surface area contributed by atoms with Crippen LogP contribution in [0.1, 0.15) is 44.3 Å². The third-order valence-electron chi connectivity index (χ3n) is 4.24. The van der Waals surface area contributed by atoms with Crippen molar-refractivity contribution >= 4 is 17.7 Å². The molecule has 1 N–H and O–H groups in total. The van der Waals surface area contributed by atoms with Gasteiger partial charge in [0.15, 0.2) is 0 Å². The molecule has 0 saturated heterocycles. The molecule has 1 atom stereocenters. The first-order chi connectivity index (χ1) is 10.8. The Labute approximate surface area is 136 Å². The van der Waals surface area contributed by atoms with Crippen LogP contribution < -0.4 is 0 Å². The summed E-state index contributed by atoms with van der Waals surface area (Å²) in [5.74, 6) is 0.832. The van der Waals surface area contributed by atoms with Crippen LogP contribution in [0.15, 0.2) is 5.16 Å². The zero-order valence-electron chi connectivity index (χ0n) is 12.8. The number of rotatable bonds is 7. The summed E-state index contributed by atoms with van der Waals surface area (Å²) in [7, 11) is 0. The smallest absolute Gasteiger partial charge is 0.330 e. The van der Waals surface area contributed by atoms with E-state index < -0.39 is 18.6 Å². The Balaban J connectivity index is 1.57. The second-order valence-electron chi connectivity index (χ2n) is 6.28. The van der Waals surface area contributed by atoms with E-state index >= 15 is 0 Å². The second-order valence-corrected chi connectivity index (χ2v) is 7.22. The fourth-order valence-electron chi connectivity index (χ4n) is 2.56. The van der Waals surface area contributed by atoms with Gasteiger partial charge in [0.05, 0.1) is 5.75 Å². The Morgan fingerprint density at radius 3 is 2.65 bits per heavy atom. The Hall–Kier alpha value is -1.25. The number of carbonyl (C=O) groups excluding carboxylic acids is 1. The minimum Gasteiger partial charge on any atom is -0.330 e. The van der Waals surface area contributed by atoms with Crippen LogP contribution in [-0.4, -0.2) is 50.5 Å². The van der Waals surface area contributed by atoms with E-state index in [-0.39, 0.29) is 17.7 Å². The van der Waals surface area contributed by atoms with Gasteiger partial charge in [-0.25, -0.2) is 4.98 Å². The van der Waals surface area contributed by atoms with Crippen LogP contribution in [0.25, 0.3) is 0 Å². The molecule has 2 aliphatic carbocycles. The van der Waals surface area contributed by atoms with Gasteiger partial charge < -0.3 is 4.90 Å². The van der Waals surface area contributed by atoms with Crippen LogP contribution in [0.2, 0.25) is 0 Å². The predicted octanol–water partition coefficient (Wildman–Crippen LogP) is 2.96. The maximum atomic E-state index is 12.7. The Morgan fingerprint density at radius 2 is 2.09 bits per heavy atom. The van der Waals surface area contributed by atoms with Crippen LogP contribution in [0.4, 0.5) is 13.2 Å². The maximum absolute atomic E-state index is 12.7. The molecule has 2 fully saturated rings. The van der Waals surface area contributed by atoms with Gasteiger partial charge in [0.1, 0.15) is 12.4 Å². The van der Waals surface area contributed by atoms with Crippen LogP contribution in [0.3, 0.4) is 0 Å². The molecule has 2 aliphatic rings. The summed E-state index contributed by atoms with van der Waals surface area (Å²) in [4.78, 5) is 17.5. The zero-order valence-corrected chi connectivity index (χ0v) is 13.6. The van der Waals surface area contributed by atoms with Crippen molar-refractivity contribution in [2.75, 3.05) is 12.3 Å². The zero-order chi connectivity index (χ0) is 16.6. The molecule has 2 saturated carbocycles. The van der Waals surface area contributed by atoms with E-state index in [0.29, 0.717) is 11.1 Å². The SMILES string of the molecule is C[C@@H](C1CC1)N(CC(F)(F)F)C(=O)CSc1n[nH]c(C2CC2)n1. The van der Waals surface area contributed by atoms with Gasteiger partial charge in [0.25, 0.3) is 0 Å². The number of carbonyl (C=O) groups is 1. The molecule has 5 nitrogen and oxygen atoms in total. The standard InChI is InChI=1S/C14H19F3N4OS/c1-8(9-2-3-9)21(7-14(15,16)17)11(22)6-23-13-18-12(19-20-13)10-4-5-10/h8-10H,2-7H2,1H3,(H,18,19,20)/t8-/m0/s1. The lowest BCUT2D eigenvalue weighted by atomic mass is 10.2. The van der Waals surface area contributed by atoms with Crippen LogP contribution in [0.5, 0.6) is 0 Å². The van der Waals surface area contributed by atoms with E-state index in [0.717, 1.165) is 48.2 Å². The topological polar surface area (TPSA) is 61.9 Å². The lowest BCUT2D eigenvalue weighted by Gasteiger charge is -2.30. The summed E-state index contributed by atoms with van der Waals surface area (Å²) in [5, 5.41) is 7.26. The quantitative estimate of drug-likeness (QED) is 0.770. The minimum absolute atomic E-state index is 0.0743. The molecule has 0 unspecified atom stereocenters. The molecular formula is C14H19F3N4OS. The number of nitrogens with zero attached hydrogens (tertiary/aromatic N) is 3. The van der Waals surface area contributed by atoms with Crippen molar-refractivity contribution < 1.29 is 18.0 Å². The van der Waals surface area contributed by atoms with Crippen molar-refractivity contribution in [2.24, 2.45) is 5.92 Å². The Bertz CT molecular complexity index is 569. The summed E-state index contributed by atoms with van der Waals surface area (Å²) in [6.07, 6.45) is -0.441. The van der Waals surface area contributed by atoms with Gasteiger partial charge in [-0.3, -0.25) is 9.89 Å². The van der Waals surface area contributed by atoms with Crippen molar-refractivity contribution in [3.63, 3.8) is 0 Å². The number of thioether (sulfide) groups is 1. The van der Waals surface area contributed by atoms with Crippen molar-refractivity contribution in [1.82, 2.24) is 20.1 Å². The molecule has 1 amide bonds. The lowest BCUT2D eigenvalue weighted by Crippen LogP contribution is -2.46. The number of amides is 1. The maximum Gasteiger partial charge on any atom is 0.406 e. The number of hydrogen-bond acceptors (Lipinski definition) is 4. The van der Waals surface area contributed by atoms with E-state index in [1.165, 1.54) is 0 Å². The average molecular weight is 348 g/mol. The van der Waals surface area contributed by atoms with E-state index in [1.54, 1.807) is 6.92 Å². The van der Waals surface area contributed by atoms with Gasteiger partial charge in [-0.1, -0.05) is 11.8 Å². The molecule has 0 aromatic carbocycles. The minimum atomic E-state index is -4.38. The highest BCUT2D eigenvalue weighted by Crippen LogP contribution is 2.38. The van der Waals surface area contributed by atoms with Crippen molar-refractivity contribution in [1.29, 1.82) is 0 Å². The molecule has 0 bridgehead atoms. The summed E-state index contributed by atoms with van der Waals surface area (Å²) in [6.45, 7) is 0.509. The predicted molar refractivity (Wildman–Crippen MR) is 79.0 cm³/mol. The number of hydrogen-bond donors (Lipinski definition) is 1. The Kier molecular flexibility index (Phi) is 4.57. The third-order valence-corrected chi connectivity index (χ3v) is 5.07. The molecule has 1 aromatic heterocycles. The molecular weight excluding hydrogens is 329 g/mol. The average Bonchev–Trinajstić information content (AvgIpc) is 3.39. The number of halogens is 3. The largest absolute Gasteiger partial charge is 0.406 e. The van der Waals surface area contributed by atoms with Gasteiger partial charge in [-0.2, -0.15) is 13.2 Å². The summed E-state index contributed by atoms with van der Waals surface area (Å²) >= 11 is 1.09. The van der Waals surface area contributed by atoms with Crippen molar-refractivity contribution in [2.45, 2.75) is 55.9 Å². The first-order valence-corrected chi connectivity index (χ1v) is 8.73. The van der Waals surface area contributed by atoms with Crippen LogP contribution >= 0.6 is 11.8 Å². The second kappa shape index (κ2) is 6.33. The van der Waals surface area contributed by atoms with Crippen LogP contribution in [0, 0.1) is 5.92 Å². The highest BCUT2D eigenvalue weighted by molar-refractivity contribution is 7.99.